The Hall–Kier alpha value is -1.63. The maximum absolute atomic E-state index is 9.12. The van der Waals surface area contributed by atoms with Crippen molar-refractivity contribution in [2.24, 2.45) is 7.05 Å². The number of hydrogen-bond acceptors (Lipinski definition) is 5. The molecule has 5 nitrogen and oxygen atoms in total. The highest BCUT2D eigenvalue weighted by atomic mass is 35.5. The van der Waals surface area contributed by atoms with Gasteiger partial charge in [0, 0.05) is 23.8 Å². The van der Waals surface area contributed by atoms with Crippen LogP contribution in [0.4, 0.5) is 0 Å². The van der Waals surface area contributed by atoms with Crippen LogP contribution in [0.15, 0.2) is 35.5 Å². The number of benzene rings is 1. The third kappa shape index (κ3) is 2.88. The van der Waals surface area contributed by atoms with Gasteiger partial charge in [-0.25, -0.2) is 4.98 Å². The molecular formula is C14H13ClN4OS. The number of halogens is 1. The lowest BCUT2D eigenvalue weighted by atomic mass is 10.2. The molecule has 0 saturated carbocycles. The number of thioether (sulfide) groups is 1. The Morgan fingerprint density at radius 2 is 2.10 bits per heavy atom. The molecule has 3 rings (SSSR count). The summed E-state index contributed by atoms with van der Waals surface area (Å²) >= 11 is 7.75. The van der Waals surface area contributed by atoms with Gasteiger partial charge in [-0.05, 0) is 12.1 Å². The topological polar surface area (TPSA) is 63.8 Å². The molecule has 3 aromatic rings. The summed E-state index contributed by atoms with van der Waals surface area (Å²) in [6.45, 7) is -0.123. The van der Waals surface area contributed by atoms with Crippen LogP contribution in [0.25, 0.3) is 10.9 Å². The van der Waals surface area contributed by atoms with Gasteiger partial charge in [-0.2, -0.15) is 0 Å². The van der Waals surface area contributed by atoms with Gasteiger partial charge >= 0.3 is 0 Å². The number of nitrogens with zero attached hydrogens (tertiary/aromatic N) is 4. The maximum Gasteiger partial charge on any atom is 0.191 e. The van der Waals surface area contributed by atoms with Gasteiger partial charge in [-0.1, -0.05) is 41.6 Å². The second kappa shape index (κ2) is 6.01. The molecular weight excluding hydrogens is 308 g/mol. The molecule has 0 unspecified atom stereocenters. The third-order valence-corrected chi connectivity index (χ3v) is 4.57. The highest BCUT2D eigenvalue weighted by molar-refractivity contribution is 7.98. The van der Waals surface area contributed by atoms with E-state index in [1.165, 1.54) is 11.8 Å². The Bertz CT molecular complexity index is 790. The summed E-state index contributed by atoms with van der Waals surface area (Å²) in [6.07, 6.45) is 0. The molecule has 0 atom stereocenters. The van der Waals surface area contributed by atoms with Crippen LogP contribution < -0.4 is 0 Å². The number of fused-ring (bicyclic) bond motifs is 1. The molecule has 108 valence electrons. The molecule has 0 radical (unpaired) electrons. The Morgan fingerprint density at radius 1 is 1.29 bits per heavy atom. The first-order chi connectivity index (χ1) is 10.2. The van der Waals surface area contributed by atoms with E-state index in [0.717, 1.165) is 21.6 Å². The first kappa shape index (κ1) is 14.3. The maximum atomic E-state index is 9.12. The number of pyridine rings is 1. The van der Waals surface area contributed by atoms with Crippen LogP contribution in [0.5, 0.6) is 0 Å². The zero-order valence-electron chi connectivity index (χ0n) is 11.3. The van der Waals surface area contributed by atoms with Crippen LogP contribution in [0.1, 0.15) is 11.4 Å². The van der Waals surface area contributed by atoms with Gasteiger partial charge in [0.2, 0.25) is 0 Å². The van der Waals surface area contributed by atoms with Crippen LogP contribution in [-0.2, 0) is 19.4 Å². The smallest absolute Gasteiger partial charge is 0.191 e. The fourth-order valence-electron chi connectivity index (χ4n) is 1.99. The molecule has 2 heterocycles. The van der Waals surface area contributed by atoms with Crippen LogP contribution in [0.3, 0.4) is 0 Å². The molecule has 1 aromatic carbocycles. The highest BCUT2D eigenvalue weighted by Crippen LogP contribution is 2.27. The molecule has 0 aliphatic heterocycles. The molecule has 7 heteroatoms. The van der Waals surface area contributed by atoms with E-state index in [0.29, 0.717) is 16.7 Å². The van der Waals surface area contributed by atoms with E-state index in [1.807, 2.05) is 37.4 Å². The fourth-order valence-corrected chi connectivity index (χ4v) is 3.18. The average Bonchev–Trinajstić information content (AvgIpc) is 2.85. The molecule has 1 N–H and O–H groups in total. The van der Waals surface area contributed by atoms with Crippen molar-refractivity contribution in [3.8, 4) is 0 Å². The summed E-state index contributed by atoms with van der Waals surface area (Å²) in [4.78, 5) is 4.40. The van der Waals surface area contributed by atoms with Crippen molar-refractivity contribution in [3.05, 3.63) is 46.9 Å². The number of hydrogen-bond donors (Lipinski definition) is 1. The minimum Gasteiger partial charge on any atom is -0.388 e. The number of aliphatic hydroxyl groups is 1. The van der Waals surface area contributed by atoms with Gasteiger partial charge in [0.15, 0.2) is 11.0 Å². The molecule has 0 amide bonds. The summed E-state index contributed by atoms with van der Waals surface area (Å²) < 4.78 is 1.77. The number of aliphatic hydroxyl groups excluding tert-OH is 1. The van der Waals surface area contributed by atoms with E-state index < -0.39 is 0 Å². The SMILES string of the molecule is Cn1c(CO)nnc1SCc1cc2ccccc2nc1Cl. The normalized spacial score (nSPS) is 11.2. The predicted molar refractivity (Wildman–Crippen MR) is 83.2 cm³/mol. The molecule has 0 aliphatic carbocycles. The first-order valence-corrected chi connectivity index (χ1v) is 7.71. The number of aromatic nitrogens is 4. The zero-order valence-corrected chi connectivity index (χ0v) is 12.9. The van der Waals surface area contributed by atoms with Crippen molar-refractivity contribution in [1.82, 2.24) is 19.7 Å². The summed E-state index contributed by atoms with van der Waals surface area (Å²) in [7, 11) is 1.83. The Labute approximate surface area is 131 Å². The van der Waals surface area contributed by atoms with E-state index >= 15 is 0 Å². The highest BCUT2D eigenvalue weighted by Gasteiger charge is 2.10. The minimum absolute atomic E-state index is 0.123. The van der Waals surface area contributed by atoms with E-state index in [4.69, 9.17) is 16.7 Å². The lowest BCUT2D eigenvalue weighted by Crippen LogP contribution is -1.98. The summed E-state index contributed by atoms with van der Waals surface area (Å²) in [5.74, 6) is 1.19. The largest absolute Gasteiger partial charge is 0.388 e. The molecule has 0 fully saturated rings. The second-order valence-electron chi connectivity index (χ2n) is 4.54. The Kier molecular flexibility index (Phi) is 4.10. The van der Waals surface area contributed by atoms with Crippen molar-refractivity contribution in [2.45, 2.75) is 17.5 Å². The quantitative estimate of drug-likeness (QED) is 0.591. The summed E-state index contributed by atoms with van der Waals surface area (Å²) in [5.41, 5.74) is 1.84. The monoisotopic (exact) mass is 320 g/mol. The second-order valence-corrected chi connectivity index (χ2v) is 5.84. The number of rotatable bonds is 4. The molecule has 0 spiro atoms. The molecule has 0 aliphatic rings. The van der Waals surface area contributed by atoms with Crippen LogP contribution in [0, 0.1) is 0 Å². The standard InChI is InChI=1S/C14H13ClN4OS/c1-19-12(7-20)17-18-14(19)21-8-10-6-9-4-2-3-5-11(9)16-13(10)15/h2-6,20H,7-8H2,1H3. The van der Waals surface area contributed by atoms with Crippen molar-refractivity contribution < 1.29 is 5.11 Å². The van der Waals surface area contributed by atoms with Crippen molar-refractivity contribution >= 4 is 34.3 Å². The molecule has 2 aromatic heterocycles. The van der Waals surface area contributed by atoms with Gasteiger partial charge in [0.05, 0.1) is 5.52 Å². The molecule has 21 heavy (non-hydrogen) atoms. The summed E-state index contributed by atoms with van der Waals surface area (Å²) in [6, 6.07) is 9.91. The Balaban J connectivity index is 1.84. The van der Waals surface area contributed by atoms with E-state index in [9.17, 15) is 0 Å². The number of para-hydroxylation sites is 1. The first-order valence-electron chi connectivity index (χ1n) is 6.35. The lowest BCUT2D eigenvalue weighted by molar-refractivity contribution is 0.266. The van der Waals surface area contributed by atoms with Gasteiger partial charge in [-0.3, -0.25) is 0 Å². The summed E-state index contributed by atoms with van der Waals surface area (Å²) in [5, 5.41) is 19.4. The molecule has 0 bridgehead atoms. The third-order valence-electron chi connectivity index (χ3n) is 3.17. The van der Waals surface area contributed by atoms with E-state index in [1.54, 1.807) is 4.57 Å². The Morgan fingerprint density at radius 3 is 2.86 bits per heavy atom. The van der Waals surface area contributed by atoms with Crippen LogP contribution >= 0.6 is 23.4 Å². The minimum atomic E-state index is -0.123. The fraction of sp³-hybridized carbons (Fsp3) is 0.214. The average molecular weight is 321 g/mol. The zero-order chi connectivity index (χ0) is 14.8. The van der Waals surface area contributed by atoms with E-state index in [2.05, 4.69) is 15.2 Å². The predicted octanol–water partition coefficient (Wildman–Crippen LogP) is 2.80. The van der Waals surface area contributed by atoms with E-state index in [-0.39, 0.29) is 6.61 Å². The van der Waals surface area contributed by atoms with Crippen molar-refractivity contribution in [2.75, 3.05) is 0 Å². The lowest BCUT2D eigenvalue weighted by Gasteiger charge is -2.06. The van der Waals surface area contributed by atoms with Crippen molar-refractivity contribution in [1.29, 1.82) is 0 Å². The molecule has 0 saturated heterocycles. The van der Waals surface area contributed by atoms with Gasteiger partial charge in [-0.15, -0.1) is 10.2 Å². The van der Waals surface area contributed by atoms with Crippen molar-refractivity contribution in [3.63, 3.8) is 0 Å². The van der Waals surface area contributed by atoms with Gasteiger partial charge in [0.25, 0.3) is 0 Å². The van der Waals surface area contributed by atoms with Crippen LogP contribution in [0.2, 0.25) is 5.15 Å². The van der Waals surface area contributed by atoms with Crippen LogP contribution in [-0.4, -0.2) is 24.9 Å². The van der Waals surface area contributed by atoms with Gasteiger partial charge < -0.3 is 9.67 Å². The van der Waals surface area contributed by atoms with Gasteiger partial charge in [0.1, 0.15) is 11.8 Å².